The number of aromatic nitrogens is 2. The SMILES string of the molecule is CCOCc1ncn2c1CN(Cc1ccoc1)CCC2.O=C(O)C(F)(F)F. The molecule has 3 rings (SSSR count). The summed E-state index contributed by atoms with van der Waals surface area (Å²) >= 11 is 0. The molecule has 0 fully saturated rings. The van der Waals surface area contributed by atoms with E-state index >= 15 is 0 Å². The van der Waals surface area contributed by atoms with E-state index in [2.05, 4.69) is 14.5 Å². The number of imidazole rings is 1. The maximum atomic E-state index is 10.6. The first-order valence-corrected chi connectivity index (χ1v) is 8.45. The molecular weight excluding hydrogens is 367 g/mol. The summed E-state index contributed by atoms with van der Waals surface area (Å²) in [5.41, 5.74) is 3.59. The minimum atomic E-state index is -5.08. The molecular formula is C17H22F3N3O4. The van der Waals surface area contributed by atoms with Crippen molar-refractivity contribution in [3.63, 3.8) is 0 Å². The van der Waals surface area contributed by atoms with Gasteiger partial charge in [-0.05, 0) is 19.4 Å². The Hall–Kier alpha value is -2.33. The number of fused-ring (bicyclic) bond motifs is 1. The van der Waals surface area contributed by atoms with Crippen LogP contribution in [0.1, 0.15) is 30.3 Å². The molecule has 0 atom stereocenters. The lowest BCUT2D eigenvalue weighted by atomic mass is 10.2. The molecule has 2 aromatic heterocycles. The van der Waals surface area contributed by atoms with Crippen molar-refractivity contribution in [2.75, 3.05) is 13.2 Å². The maximum absolute atomic E-state index is 10.6. The molecule has 0 aromatic carbocycles. The minimum Gasteiger partial charge on any atom is -0.475 e. The molecule has 3 heterocycles. The quantitative estimate of drug-likeness (QED) is 0.847. The fourth-order valence-electron chi connectivity index (χ4n) is 2.67. The molecule has 1 aliphatic heterocycles. The number of carboxylic acids is 1. The highest BCUT2D eigenvalue weighted by atomic mass is 19.4. The zero-order chi connectivity index (χ0) is 19.9. The number of ether oxygens (including phenoxy) is 1. The third-order valence-corrected chi connectivity index (χ3v) is 3.95. The molecule has 0 amide bonds. The molecule has 2 aromatic rings. The van der Waals surface area contributed by atoms with Crippen LogP contribution in [0.5, 0.6) is 0 Å². The van der Waals surface area contributed by atoms with Crippen LogP contribution in [0.2, 0.25) is 0 Å². The van der Waals surface area contributed by atoms with Gasteiger partial charge in [-0.15, -0.1) is 0 Å². The van der Waals surface area contributed by atoms with E-state index in [1.807, 2.05) is 25.6 Å². The summed E-state index contributed by atoms with van der Waals surface area (Å²) in [4.78, 5) is 15.8. The molecule has 1 aliphatic rings. The van der Waals surface area contributed by atoms with Crippen molar-refractivity contribution in [3.8, 4) is 0 Å². The van der Waals surface area contributed by atoms with Crippen LogP contribution < -0.4 is 0 Å². The predicted octanol–water partition coefficient (Wildman–Crippen LogP) is 3.05. The molecule has 0 spiro atoms. The summed E-state index contributed by atoms with van der Waals surface area (Å²) in [5.74, 6) is -2.76. The summed E-state index contributed by atoms with van der Waals surface area (Å²) < 4.78 is 44.7. The molecule has 27 heavy (non-hydrogen) atoms. The fourth-order valence-corrected chi connectivity index (χ4v) is 2.67. The number of furan rings is 1. The average Bonchev–Trinajstić information content (AvgIpc) is 3.19. The van der Waals surface area contributed by atoms with E-state index in [0.29, 0.717) is 6.61 Å². The van der Waals surface area contributed by atoms with E-state index in [1.165, 1.54) is 11.3 Å². The number of rotatable bonds is 5. The van der Waals surface area contributed by atoms with Gasteiger partial charge in [-0.25, -0.2) is 9.78 Å². The maximum Gasteiger partial charge on any atom is 0.490 e. The zero-order valence-electron chi connectivity index (χ0n) is 14.9. The van der Waals surface area contributed by atoms with Gasteiger partial charge in [0.15, 0.2) is 0 Å². The smallest absolute Gasteiger partial charge is 0.475 e. The molecule has 10 heteroatoms. The summed E-state index contributed by atoms with van der Waals surface area (Å²) in [6, 6.07) is 2.03. The van der Waals surface area contributed by atoms with Crippen molar-refractivity contribution in [2.45, 2.75) is 45.8 Å². The first-order chi connectivity index (χ1) is 12.8. The van der Waals surface area contributed by atoms with Gasteiger partial charge in [-0.3, -0.25) is 4.90 Å². The van der Waals surface area contributed by atoms with Crippen LogP contribution in [0.3, 0.4) is 0 Å². The van der Waals surface area contributed by atoms with Crippen molar-refractivity contribution >= 4 is 5.97 Å². The normalized spacial score (nSPS) is 14.8. The largest absolute Gasteiger partial charge is 0.490 e. The van der Waals surface area contributed by atoms with E-state index in [1.54, 1.807) is 6.26 Å². The molecule has 0 unspecified atom stereocenters. The highest BCUT2D eigenvalue weighted by Gasteiger charge is 2.38. The second kappa shape index (κ2) is 9.56. The zero-order valence-corrected chi connectivity index (χ0v) is 14.9. The highest BCUT2D eigenvalue weighted by Crippen LogP contribution is 2.19. The van der Waals surface area contributed by atoms with E-state index < -0.39 is 12.1 Å². The molecule has 0 aliphatic carbocycles. The number of aliphatic carboxylic acids is 1. The summed E-state index contributed by atoms with van der Waals surface area (Å²) in [7, 11) is 0. The number of carboxylic acid groups (broad SMARTS) is 1. The second-order valence-corrected chi connectivity index (χ2v) is 5.97. The lowest BCUT2D eigenvalue weighted by Crippen LogP contribution is -2.23. The van der Waals surface area contributed by atoms with Crippen LogP contribution in [0.25, 0.3) is 0 Å². The number of hydrogen-bond acceptors (Lipinski definition) is 5. The van der Waals surface area contributed by atoms with E-state index in [4.69, 9.17) is 19.1 Å². The number of halogens is 3. The number of alkyl halides is 3. The van der Waals surface area contributed by atoms with Crippen LogP contribution in [0, 0.1) is 0 Å². The summed E-state index contributed by atoms with van der Waals surface area (Å²) in [6.45, 7) is 7.34. The highest BCUT2D eigenvalue weighted by molar-refractivity contribution is 5.73. The van der Waals surface area contributed by atoms with Crippen LogP contribution in [-0.4, -0.2) is 44.9 Å². The van der Waals surface area contributed by atoms with E-state index in [9.17, 15) is 13.2 Å². The molecule has 1 N–H and O–H groups in total. The summed E-state index contributed by atoms with van der Waals surface area (Å²) in [5, 5.41) is 7.12. The number of aryl methyl sites for hydroxylation is 1. The van der Waals surface area contributed by atoms with Crippen molar-refractivity contribution in [3.05, 3.63) is 41.9 Å². The van der Waals surface area contributed by atoms with Gasteiger partial charge in [-0.2, -0.15) is 13.2 Å². The van der Waals surface area contributed by atoms with Gasteiger partial charge in [0, 0.05) is 38.3 Å². The Morgan fingerprint density at radius 1 is 1.41 bits per heavy atom. The second-order valence-electron chi connectivity index (χ2n) is 5.97. The van der Waals surface area contributed by atoms with Crippen LogP contribution in [0.4, 0.5) is 13.2 Å². The van der Waals surface area contributed by atoms with E-state index in [0.717, 1.165) is 44.9 Å². The minimum absolute atomic E-state index is 0.610. The molecule has 0 saturated carbocycles. The molecule has 150 valence electrons. The first-order valence-electron chi connectivity index (χ1n) is 8.45. The lowest BCUT2D eigenvalue weighted by molar-refractivity contribution is -0.192. The van der Waals surface area contributed by atoms with Gasteiger partial charge < -0.3 is 18.8 Å². The molecule has 7 nitrogen and oxygen atoms in total. The van der Waals surface area contributed by atoms with Gasteiger partial charge in [0.05, 0.1) is 36.8 Å². The van der Waals surface area contributed by atoms with Crippen LogP contribution in [-0.2, 0) is 35.8 Å². The standard InChI is InChI=1S/C15H21N3O2.C2HF3O2/c1-2-19-11-14-15-9-17(8-13-4-7-20-10-13)5-3-6-18(15)12-16-14;3-2(4,5)1(6)7/h4,7,10,12H,2-3,5-6,8-9,11H2,1H3;(H,6,7). The average molecular weight is 389 g/mol. The Bertz CT molecular complexity index is 714. The van der Waals surface area contributed by atoms with E-state index in [-0.39, 0.29) is 0 Å². The van der Waals surface area contributed by atoms with Gasteiger partial charge in [0.2, 0.25) is 0 Å². The van der Waals surface area contributed by atoms with Crippen molar-refractivity contribution < 1.29 is 32.2 Å². The fraction of sp³-hybridized carbons (Fsp3) is 0.529. The Morgan fingerprint density at radius 3 is 2.74 bits per heavy atom. The molecule has 0 saturated heterocycles. The predicted molar refractivity (Wildman–Crippen MR) is 88.7 cm³/mol. The number of nitrogens with zero attached hydrogens (tertiary/aromatic N) is 3. The molecule has 0 bridgehead atoms. The number of carbonyl (C=O) groups is 1. The van der Waals surface area contributed by atoms with Gasteiger partial charge in [0.25, 0.3) is 0 Å². The Balaban J connectivity index is 0.000000321. The first kappa shape index (κ1) is 21.0. The van der Waals surface area contributed by atoms with Crippen molar-refractivity contribution in [2.24, 2.45) is 0 Å². The Labute approximate surface area is 154 Å². The monoisotopic (exact) mass is 389 g/mol. The third kappa shape index (κ3) is 6.40. The van der Waals surface area contributed by atoms with Gasteiger partial charge in [0.1, 0.15) is 0 Å². The van der Waals surface area contributed by atoms with Crippen molar-refractivity contribution in [1.82, 2.24) is 14.5 Å². The molecule has 0 radical (unpaired) electrons. The topological polar surface area (TPSA) is 80.7 Å². The van der Waals surface area contributed by atoms with Gasteiger partial charge >= 0.3 is 12.1 Å². The van der Waals surface area contributed by atoms with Crippen molar-refractivity contribution in [1.29, 1.82) is 0 Å². The number of hydrogen-bond donors (Lipinski definition) is 1. The third-order valence-electron chi connectivity index (χ3n) is 3.95. The Morgan fingerprint density at radius 2 is 2.15 bits per heavy atom. The lowest BCUT2D eigenvalue weighted by Gasteiger charge is -2.19. The van der Waals surface area contributed by atoms with Crippen LogP contribution in [0.15, 0.2) is 29.3 Å². The Kier molecular flexibility index (Phi) is 7.43. The van der Waals surface area contributed by atoms with Crippen LogP contribution >= 0.6 is 0 Å². The summed E-state index contributed by atoms with van der Waals surface area (Å²) in [6.07, 6.45) is 1.57. The van der Waals surface area contributed by atoms with Gasteiger partial charge in [-0.1, -0.05) is 0 Å².